The van der Waals surface area contributed by atoms with E-state index in [0.717, 1.165) is 11.1 Å². The van der Waals surface area contributed by atoms with Crippen molar-refractivity contribution in [3.05, 3.63) is 103 Å². The summed E-state index contributed by atoms with van der Waals surface area (Å²) < 4.78 is 52.2. The third kappa shape index (κ3) is 9.16. The number of sulfonamides is 1. The van der Waals surface area contributed by atoms with Crippen molar-refractivity contribution in [3.8, 4) is 22.8 Å². The number of aromatic nitrogens is 1. The maximum absolute atomic E-state index is 14.9. The van der Waals surface area contributed by atoms with Crippen molar-refractivity contribution < 1.29 is 46.5 Å². The fourth-order valence-corrected chi connectivity index (χ4v) is 10.4. The molecule has 2 saturated heterocycles. The van der Waals surface area contributed by atoms with Gasteiger partial charge in [-0.25, -0.2) is 18.2 Å². The number of hydrogen-bond acceptors (Lipinski definition) is 11. The van der Waals surface area contributed by atoms with Gasteiger partial charge in [-0.2, -0.15) is 0 Å². The summed E-state index contributed by atoms with van der Waals surface area (Å²) >= 11 is 0. The van der Waals surface area contributed by atoms with E-state index in [-0.39, 0.29) is 32.4 Å². The second-order valence-electron chi connectivity index (χ2n) is 18.4. The van der Waals surface area contributed by atoms with Crippen molar-refractivity contribution in [2.75, 3.05) is 26.9 Å². The van der Waals surface area contributed by atoms with Gasteiger partial charge in [0, 0.05) is 41.8 Å². The number of carbonyl (C=O) groups is 4. The number of hydrogen-bond donors (Lipinski definition) is 3. The van der Waals surface area contributed by atoms with Crippen LogP contribution >= 0.6 is 0 Å². The zero-order chi connectivity index (χ0) is 45.4. The van der Waals surface area contributed by atoms with Gasteiger partial charge in [0.05, 0.1) is 42.8 Å². The molecule has 4 amide bonds. The Morgan fingerprint density at radius 2 is 1.72 bits per heavy atom. The van der Waals surface area contributed by atoms with E-state index >= 15 is 0 Å². The zero-order valence-electron chi connectivity index (χ0n) is 36.5. The Kier molecular flexibility index (Phi) is 12.2. The molecular formula is C48H55N5O10S. The summed E-state index contributed by atoms with van der Waals surface area (Å²) in [5, 5.41) is 6.31. The van der Waals surface area contributed by atoms with Gasteiger partial charge in [-0.15, -0.1) is 6.58 Å². The molecule has 6 atom stereocenters. The third-order valence-corrected chi connectivity index (χ3v) is 14.9. The van der Waals surface area contributed by atoms with E-state index in [4.69, 9.17) is 23.9 Å². The number of methoxy groups -OCH3 is 1. The highest BCUT2D eigenvalue weighted by Crippen LogP contribution is 2.49. The zero-order valence-corrected chi connectivity index (χ0v) is 37.3. The van der Waals surface area contributed by atoms with Crippen LogP contribution in [0.15, 0.2) is 97.6 Å². The smallest absolute Gasteiger partial charge is 0.408 e. The molecule has 4 aromatic rings. The third-order valence-electron chi connectivity index (χ3n) is 12.8. The van der Waals surface area contributed by atoms with Gasteiger partial charge in [0.1, 0.15) is 41.3 Å². The van der Waals surface area contributed by atoms with E-state index in [1.165, 1.54) is 11.0 Å². The van der Waals surface area contributed by atoms with Gasteiger partial charge >= 0.3 is 6.09 Å². The van der Waals surface area contributed by atoms with Crippen LogP contribution in [0.5, 0.6) is 11.5 Å². The number of ether oxygens (including phenoxy) is 4. The van der Waals surface area contributed by atoms with Crippen molar-refractivity contribution in [1.29, 1.82) is 0 Å². The lowest BCUT2D eigenvalue weighted by molar-refractivity contribution is -0.143. The van der Waals surface area contributed by atoms with Crippen molar-refractivity contribution in [1.82, 2.24) is 25.2 Å². The standard InChI is InChI=1S/C48H55N5O10S/c1-6-32-27-48(32,44(56)52-64(58,59)47(20-21-47)26-30-13-9-7-10-14-30)51-42(54)39-24-35(28-53(39)43(55)41(46(2,3)4)50-45(57)63-34-19-22-61-29-34)62-40-25-37(31-15-11-8-12-16-31)49-38-23-33(60-5)17-18-36(38)40/h6-18,23,25,32,34-35,39,41H,1,19-22,24,26-29H2,2-5H3,(H,50,57)(H,51,54)(H,52,56)/t32-,34+,35+,39-,41+,48-/m0/s1. The van der Waals surface area contributed by atoms with E-state index in [1.54, 1.807) is 40.0 Å². The quantitative estimate of drug-likeness (QED) is 0.128. The fourth-order valence-electron chi connectivity index (χ4n) is 8.74. The molecule has 0 radical (unpaired) electrons. The first kappa shape index (κ1) is 44.6. The van der Waals surface area contributed by atoms with Crippen LogP contribution in [0.4, 0.5) is 4.79 Å². The molecule has 3 heterocycles. The molecule has 0 spiro atoms. The van der Waals surface area contributed by atoms with Gasteiger partial charge in [0.25, 0.3) is 5.91 Å². The molecule has 4 aliphatic rings. The molecular weight excluding hydrogens is 839 g/mol. The number of nitrogens with one attached hydrogen (secondary N) is 3. The summed E-state index contributed by atoms with van der Waals surface area (Å²) in [6.07, 6.45) is 1.11. The maximum Gasteiger partial charge on any atom is 0.408 e. The first-order chi connectivity index (χ1) is 30.5. The Hall–Kier alpha value is -6.00. The van der Waals surface area contributed by atoms with Crippen LogP contribution in [-0.2, 0) is 40.3 Å². The van der Waals surface area contributed by atoms with Crippen LogP contribution in [0.2, 0.25) is 0 Å². The van der Waals surface area contributed by atoms with E-state index in [2.05, 4.69) is 21.9 Å². The lowest BCUT2D eigenvalue weighted by Gasteiger charge is -2.35. The van der Waals surface area contributed by atoms with Crippen molar-refractivity contribution >= 4 is 44.7 Å². The minimum atomic E-state index is -4.18. The molecule has 3 aromatic carbocycles. The Bertz CT molecular complexity index is 2540. The molecule has 64 heavy (non-hydrogen) atoms. The number of carbonyl (C=O) groups excluding carboxylic acids is 4. The van der Waals surface area contributed by atoms with Crippen LogP contribution in [0.25, 0.3) is 22.2 Å². The van der Waals surface area contributed by atoms with Gasteiger partial charge in [-0.05, 0) is 48.8 Å². The Morgan fingerprint density at radius 1 is 1.00 bits per heavy atom. The first-order valence-corrected chi connectivity index (χ1v) is 23.1. The molecule has 16 heteroatoms. The topological polar surface area (TPSA) is 192 Å². The molecule has 2 saturated carbocycles. The van der Waals surface area contributed by atoms with Gasteiger partial charge in [0.2, 0.25) is 21.8 Å². The lowest BCUT2D eigenvalue weighted by atomic mass is 9.85. The number of rotatable bonds is 15. The van der Waals surface area contributed by atoms with E-state index < -0.39 is 79.7 Å². The van der Waals surface area contributed by atoms with Crippen LogP contribution in [0.1, 0.15) is 58.4 Å². The number of alkyl carbamates (subject to hydrolysis) is 1. The number of pyridine rings is 1. The SMILES string of the molecule is C=C[C@H]1C[C@@]1(NC(=O)[C@@H]1C[C@@H](Oc2cc(-c3ccccc3)nc3cc(OC)ccc23)CN1C(=O)[C@@H](NC(=O)O[C@@H]1CCOC1)C(C)(C)C)C(=O)NS(=O)(=O)C1(Cc2ccccc2)CC1. The first-order valence-electron chi connectivity index (χ1n) is 21.7. The van der Waals surface area contributed by atoms with E-state index in [1.807, 2.05) is 72.8 Å². The van der Waals surface area contributed by atoms with Crippen LogP contribution < -0.4 is 24.8 Å². The Balaban J connectivity index is 1.09. The van der Waals surface area contributed by atoms with E-state index in [9.17, 15) is 27.6 Å². The number of benzene rings is 3. The monoisotopic (exact) mass is 893 g/mol. The van der Waals surface area contributed by atoms with Crippen LogP contribution in [0.3, 0.4) is 0 Å². The summed E-state index contributed by atoms with van der Waals surface area (Å²) in [6.45, 7) is 9.86. The number of fused-ring (bicyclic) bond motifs is 1. The summed E-state index contributed by atoms with van der Waals surface area (Å²) in [5.41, 5.74) is 0.408. The summed E-state index contributed by atoms with van der Waals surface area (Å²) in [6, 6.07) is 23.7. The maximum atomic E-state index is 14.9. The molecule has 8 rings (SSSR count). The highest BCUT2D eigenvalue weighted by molar-refractivity contribution is 7.91. The number of amides is 4. The molecule has 4 fully saturated rings. The average Bonchev–Trinajstić information content (AvgIpc) is 4.09. The van der Waals surface area contributed by atoms with Crippen molar-refractivity contribution in [3.63, 3.8) is 0 Å². The van der Waals surface area contributed by atoms with Crippen LogP contribution in [0, 0.1) is 11.3 Å². The molecule has 0 bridgehead atoms. The van der Waals surface area contributed by atoms with Gasteiger partial charge in [-0.1, -0.05) is 87.5 Å². The number of nitrogens with zero attached hydrogens (tertiary/aromatic N) is 2. The summed E-state index contributed by atoms with van der Waals surface area (Å²) in [4.78, 5) is 63.4. The Morgan fingerprint density at radius 3 is 2.34 bits per heavy atom. The van der Waals surface area contributed by atoms with E-state index in [0.29, 0.717) is 54.0 Å². The predicted molar refractivity (Wildman–Crippen MR) is 239 cm³/mol. The minimum Gasteiger partial charge on any atom is -0.497 e. The average molecular weight is 894 g/mol. The second-order valence-corrected chi connectivity index (χ2v) is 20.4. The Labute approximate surface area is 373 Å². The summed E-state index contributed by atoms with van der Waals surface area (Å²) in [7, 11) is -2.61. The fraction of sp³-hybridized carbons (Fsp3) is 0.438. The normalized spacial score (nSPS) is 24.0. The van der Waals surface area contributed by atoms with Crippen molar-refractivity contribution in [2.45, 2.75) is 93.9 Å². The highest BCUT2D eigenvalue weighted by Gasteiger charge is 2.63. The molecule has 0 unspecified atom stereocenters. The molecule has 2 aliphatic heterocycles. The van der Waals surface area contributed by atoms with Crippen LogP contribution in [-0.4, -0.2) is 104 Å². The van der Waals surface area contributed by atoms with Gasteiger partial charge < -0.3 is 34.5 Å². The number of likely N-dealkylation sites (tertiary alicyclic amines) is 1. The highest BCUT2D eigenvalue weighted by atomic mass is 32.2. The van der Waals surface area contributed by atoms with Gasteiger partial charge in [-0.3, -0.25) is 19.1 Å². The predicted octanol–water partition coefficient (Wildman–Crippen LogP) is 5.47. The lowest BCUT2D eigenvalue weighted by Crippen LogP contribution is -2.60. The molecule has 2 aliphatic carbocycles. The van der Waals surface area contributed by atoms with Gasteiger partial charge in [0.15, 0.2) is 0 Å². The van der Waals surface area contributed by atoms with Crippen molar-refractivity contribution in [2.24, 2.45) is 11.3 Å². The molecule has 15 nitrogen and oxygen atoms in total. The molecule has 3 N–H and O–H groups in total. The molecule has 1 aromatic heterocycles. The largest absolute Gasteiger partial charge is 0.497 e. The minimum absolute atomic E-state index is 0.00607. The summed E-state index contributed by atoms with van der Waals surface area (Å²) in [5.74, 6) is -1.65. The second kappa shape index (κ2) is 17.5. The molecule has 338 valence electrons.